The Morgan fingerprint density at radius 2 is 1.71 bits per heavy atom. The van der Waals surface area contributed by atoms with E-state index in [1.54, 1.807) is 21.9 Å². The molecule has 116 valence electrons. The number of carbonyl (C=O) groups excluding carboxylic acids is 2. The van der Waals surface area contributed by atoms with Gasteiger partial charge in [0.15, 0.2) is 0 Å². The van der Waals surface area contributed by atoms with Crippen LogP contribution in [0.5, 0.6) is 0 Å². The minimum atomic E-state index is -0.252. The first kappa shape index (κ1) is 16.1. The molecule has 1 saturated heterocycles. The highest BCUT2D eigenvalue weighted by molar-refractivity contribution is 7.17. The molecule has 0 spiro atoms. The van der Waals surface area contributed by atoms with Crippen LogP contribution in [0.2, 0.25) is 4.34 Å². The molecule has 0 unspecified atom stereocenters. The first-order valence-electron chi connectivity index (χ1n) is 6.88. The minimum Gasteiger partial charge on any atom is -0.334 e. The van der Waals surface area contributed by atoms with Crippen molar-refractivity contribution in [2.24, 2.45) is 0 Å². The highest BCUT2D eigenvalue weighted by Gasteiger charge is 2.27. The predicted octanol–water partition coefficient (Wildman–Crippen LogP) is 2.67. The summed E-state index contributed by atoms with van der Waals surface area (Å²) in [5, 5.41) is 2.94. The van der Waals surface area contributed by atoms with Gasteiger partial charge in [-0.25, -0.2) is 4.79 Å². The highest BCUT2D eigenvalue weighted by atomic mass is 35.5. The Bertz CT molecular complexity index is 531. The summed E-state index contributed by atoms with van der Waals surface area (Å²) in [6.07, 6.45) is 0. The summed E-state index contributed by atoms with van der Waals surface area (Å²) >= 11 is 7.14. The van der Waals surface area contributed by atoms with Crippen molar-refractivity contribution in [3.8, 4) is 0 Å². The Labute approximate surface area is 133 Å². The van der Waals surface area contributed by atoms with Gasteiger partial charge < -0.3 is 15.1 Å². The molecule has 1 aliphatic heterocycles. The quantitative estimate of drug-likeness (QED) is 0.861. The van der Waals surface area contributed by atoms with Crippen molar-refractivity contribution in [1.82, 2.24) is 15.1 Å². The number of nitrogens with one attached hydrogen (secondary N) is 1. The van der Waals surface area contributed by atoms with Gasteiger partial charge in [0.2, 0.25) is 0 Å². The number of hydrogen-bond acceptors (Lipinski definition) is 3. The third-order valence-corrected chi connectivity index (χ3v) is 4.34. The molecule has 0 aromatic carbocycles. The van der Waals surface area contributed by atoms with Crippen LogP contribution in [-0.4, -0.2) is 53.5 Å². The van der Waals surface area contributed by atoms with Gasteiger partial charge >= 0.3 is 6.03 Å². The number of halogens is 1. The molecule has 21 heavy (non-hydrogen) atoms. The number of thiophene rings is 1. The molecule has 2 rings (SSSR count). The Balaban J connectivity index is 1.88. The normalized spacial score (nSPS) is 16.0. The Hall–Kier alpha value is -1.27. The van der Waals surface area contributed by atoms with Crippen LogP contribution in [0.15, 0.2) is 12.1 Å². The molecule has 3 amide bonds. The number of amides is 3. The molecule has 7 heteroatoms. The van der Waals surface area contributed by atoms with Crippen molar-refractivity contribution >= 4 is 34.9 Å². The number of rotatable bonds is 1. The SMILES string of the molecule is CC(C)(C)NC(=O)N1CCN(C(=O)c2ccc(Cl)s2)CC1. The summed E-state index contributed by atoms with van der Waals surface area (Å²) in [6, 6.07) is 3.40. The molecule has 0 atom stereocenters. The highest BCUT2D eigenvalue weighted by Crippen LogP contribution is 2.23. The third kappa shape index (κ3) is 4.35. The zero-order chi connectivity index (χ0) is 15.6. The van der Waals surface area contributed by atoms with E-state index in [1.165, 1.54) is 11.3 Å². The van der Waals surface area contributed by atoms with Crippen LogP contribution in [0.1, 0.15) is 30.4 Å². The fraction of sp³-hybridized carbons (Fsp3) is 0.571. The van der Waals surface area contributed by atoms with Gasteiger partial charge in [-0.3, -0.25) is 4.79 Å². The van der Waals surface area contributed by atoms with Crippen LogP contribution >= 0.6 is 22.9 Å². The zero-order valence-corrected chi connectivity index (χ0v) is 14.1. The van der Waals surface area contributed by atoms with Gasteiger partial charge in [0.25, 0.3) is 5.91 Å². The van der Waals surface area contributed by atoms with E-state index in [4.69, 9.17) is 11.6 Å². The van der Waals surface area contributed by atoms with Crippen molar-refractivity contribution in [1.29, 1.82) is 0 Å². The molecule has 5 nitrogen and oxygen atoms in total. The molecule has 0 saturated carbocycles. The lowest BCUT2D eigenvalue weighted by Crippen LogP contribution is -2.55. The lowest BCUT2D eigenvalue weighted by Gasteiger charge is -2.36. The maximum atomic E-state index is 12.3. The van der Waals surface area contributed by atoms with Crippen LogP contribution in [0.25, 0.3) is 0 Å². The predicted molar refractivity (Wildman–Crippen MR) is 85.1 cm³/mol. The molecule has 0 bridgehead atoms. The van der Waals surface area contributed by atoms with Crippen molar-refractivity contribution in [3.05, 3.63) is 21.3 Å². The van der Waals surface area contributed by atoms with E-state index < -0.39 is 0 Å². The van der Waals surface area contributed by atoms with E-state index in [0.717, 1.165) is 0 Å². The molecule has 1 aromatic heterocycles. The maximum Gasteiger partial charge on any atom is 0.317 e. The molecule has 1 aliphatic rings. The van der Waals surface area contributed by atoms with Gasteiger partial charge in [-0.05, 0) is 32.9 Å². The third-order valence-electron chi connectivity index (χ3n) is 3.12. The lowest BCUT2D eigenvalue weighted by molar-refractivity contribution is 0.0666. The summed E-state index contributed by atoms with van der Waals surface area (Å²) in [7, 11) is 0. The van der Waals surface area contributed by atoms with Gasteiger partial charge in [0.1, 0.15) is 0 Å². The molecular weight excluding hydrogens is 310 g/mol. The van der Waals surface area contributed by atoms with Crippen LogP contribution in [0.4, 0.5) is 4.79 Å². The Morgan fingerprint density at radius 1 is 1.14 bits per heavy atom. The van der Waals surface area contributed by atoms with Crippen molar-refractivity contribution < 1.29 is 9.59 Å². The van der Waals surface area contributed by atoms with Gasteiger partial charge in [-0.1, -0.05) is 11.6 Å². The van der Waals surface area contributed by atoms with E-state index in [-0.39, 0.29) is 17.5 Å². The molecule has 0 aliphatic carbocycles. The second-order valence-corrected chi connectivity index (χ2v) is 7.78. The van der Waals surface area contributed by atoms with Crippen LogP contribution in [0.3, 0.4) is 0 Å². The molecular formula is C14H20ClN3O2S. The van der Waals surface area contributed by atoms with Crippen molar-refractivity contribution in [2.45, 2.75) is 26.3 Å². The molecule has 1 aromatic rings. The molecule has 0 radical (unpaired) electrons. The van der Waals surface area contributed by atoms with E-state index in [2.05, 4.69) is 5.32 Å². The van der Waals surface area contributed by atoms with Gasteiger partial charge in [-0.15, -0.1) is 11.3 Å². The van der Waals surface area contributed by atoms with Crippen molar-refractivity contribution in [3.63, 3.8) is 0 Å². The maximum absolute atomic E-state index is 12.3. The number of piperazine rings is 1. The zero-order valence-electron chi connectivity index (χ0n) is 12.5. The topological polar surface area (TPSA) is 52.7 Å². The summed E-state index contributed by atoms with van der Waals surface area (Å²) in [5.74, 6) is -0.0113. The van der Waals surface area contributed by atoms with Crippen LogP contribution in [0, 0.1) is 0 Å². The van der Waals surface area contributed by atoms with E-state index in [1.807, 2.05) is 20.8 Å². The number of nitrogens with zero attached hydrogens (tertiary/aromatic N) is 2. The lowest BCUT2D eigenvalue weighted by atomic mass is 10.1. The number of hydrogen-bond donors (Lipinski definition) is 1. The van der Waals surface area contributed by atoms with Crippen LogP contribution in [-0.2, 0) is 0 Å². The smallest absolute Gasteiger partial charge is 0.317 e. The standard InChI is InChI=1S/C14H20ClN3O2S/c1-14(2,3)16-13(20)18-8-6-17(7-9-18)12(19)10-4-5-11(15)21-10/h4-5H,6-9H2,1-3H3,(H,16,20). The average Bonchev–Trinajstić information content (AvgIpc) is 2.83. The molecule has 2 heterocycles. The summed E-state index contributed by atoms with van der Waals surface area (Å²) < 4.78 is 0.613. The fourth-order valence-corrected chi connectivity index (χ4v) is 3.11. The van der Waals surface area contributed by atoms with E-state index >= 15 is 0 Å². The fourth-order valence-electron chi connectivity index (χ4n) is 2.10. The molecule has 1 fully saturated rings. The van der Waals surface area contributed by atoms with Gasteiger partial charge in [-0.2, -0.15) is 0 Å². The number of carbonyl (C=O) groups is 2. The van der Waals surface area contributed by atoms with Gasteiger partial charge in [0, 0.05) is 31.7 Å². The monoisotopic (exact) mass is 329 g/mol. The molecule has 1 N–H and O–H groups in total. The van der Waals surface area contributed by atoms with Gasteiger partial charge in [0.05, 0.1) is 9.21 Å². The summed E-state index contributed by atoms with van der Waals surface area (Å²) in [6.45, 7) is 8.04. The summed E-state index contributed by atoms with van der Waals surface area (Å²) in [5.41, 5.74) is -0.252. The largest absolute Gasteiger partial charge is 0.334 e. The first-order chi connectivity index (χ1) is 9.76. The summed E-state index contributed by atoms with van der Waals surface area (Å²) in [4.78, 5) is 28.5. The first-order valence-corrected chi connectivity index (χ1v) is 8.07. The van der Waals surface area contributed by atoms with Crippen LogP contribution < -0.4 is 5.32 Å². The van der Waals surface area contributed by atoms with E-state index in [9.17, 15) is 9.59 Å². The second kappa shape index (κ2) is 6.23. The minimum absolute atomic E-state index is 0.0113. The average molecular weight is 330 g/mol. The second-order valence-electron chi connectivity index (χ2n) is 6.06. The Kier molecular flexibility index (Phi) is 4.78. The Morgan fingerprint density at radius 3 is 2.19 bits per heavy atom. The van der Waals surface area contributed by atoms with Crippen molar-refractivity contribution in [2.75, 3.05) is 26.2 Å². The van der Waals surface area contributed by atoms with E-state index in [0.29, 0.717) is 35.4 Å². The number of urea groups is 1.